The van der Waals surface area contributed by atoms with Crippen molar-refractivity contribution < 1.29 is 0 Å². The zero-order valence-electron chi connectivity index (χ0n) is 13.3. The third-order valence-electron chi connectivity index (χ3n) is 3.89. The maximum atomic E-state index is 6.71. The van der Waals surface area contributed by atoms with Crippen molar-refractivity contribution in [3.63, 3.8) is 0 Å². The second-order valence-electron chi connectivity index (χ2n) is 6.69. The molecule has 0 aromatic heterocycles. The van der Waals surface area contributed by atoms with E-state index in [1.165, 1.54) is 22.3 Å². The van der Waals surface area contributed by atoms with Crippen molar-refractivity contribution in [3.8, 4) is 0 Å². The van der Waals surface area contributed by atoms with E-state index in [2.05, 4.69) is 86.9 Å². The Morgan fingerprint density at radius 3 is 2.05 bits per heavy atom. The lowest BCUT2D eigenvalue weighted by atomic mass is 9.86. The molecule has 0 radical (unpaired) electrons. The molecule has 0 saturated heterocycles. The van der Waals surface area contributed by atoms with E-state index in [1.54, 1.807) is 0 Å². The van der Waals surface area contributed by atoms with Crippen LogP contribution in [0.2, 0.25) is 0 Å². The van der Waals surface area contributed by atoms with Gasteiger partial charge in [0.15, 0.2) is 0 Å². The van der Waals surface area contributed by atoms with Gasteiger partial charge in [0.25, 0.3) is 0 Å². The number of benzene rings is 2. The van der Waals surface area contributed by atoms with Gasteiger partial charge in [0.05, 0.1) is 5.38 Å². The van der Waals surface area contributed by atoms with Gasteiger partial charge < -0.3 is 0 Å². The first kappa shape index (κ1) is 16.6. The third-order valence-corrected chi connectivity index (χ3v) is 5.23. The molecule has 0 bridgehead atoms. The highest BCUT2D eigenvalue weighted by Gasteiger charge is 2.17. The average molecular weight is 366 g/mol. The van der Waals surface area contributed by atoms with E-state index in [1.807, 2.05) is 0 Å². The maximum Gasteiger partial charge on any atom is 0.0838 e. The van der Waals surface area contributed by atoms with Crippen LogP contribution in [0.5, 0.6) is 0 Å². The van der Waals surface area contributed by atoms with E-state index in [-0.39, 0.29) is 10.8 Å². The predicted octanol–water partition coefficient (Wildman–Crippen LogP) is 6.69. The van der Waals surface area contributed by atoms with Crippen LogP contribution >= 0.6 is 27.5 Å². The van der Waals surface area contributed by atoms with Crippen molar-refractivity contribution in [1.82, 2.24) is 0 Å². The Bertz CT molecular complexity index is 636. The lowest BCUT2D eigenvalue weighted by molar-refractivity contribution is 0.590. The van der Waals surface area contributed by atoms with Crippen LogP contribution in [0.1, 0.15) is 54.0 Å². The van der Waals surface area contributed by atoms with Crippen molar-refractivity contribution in [2.45, 2.75) is 45.4 Å². The lowest BCUT2D eigenvalue weighted by Gasteiger charge is -2.20. The van der Waals surface area contributed by atoms with E-state index in [0.717, 1.165) is 10.0 Å². The Morgan fingerprint density at radius 2 is 1.52 bits per heavy atom. The van der Waals surface area contributed by atoms with Crippen LogP contribution < -0.4 is 0 Å². The summed E-state index contributed by atoms with van der Waals surface area (Å²) in [6.07, 6.45) is 0. The highest BCUT2D eigenvalue weighted by Crippen LogP contribution is 2.34. The average Bonchev–Trinajstić information content (AvgIpc) is 2.41. The van der Waals surface area contributed by atoms with E-state index in [4.69, 9.17) is 11.6 Å². The summed E-state index contributed by atoms with van der Waals surface area (Å²) in [5.41, 5.74) is 6.26. The Balaban J connectivity index is 2.36. The minimum Gasteiger partial charge on any atom is -0.113 e. The fourth-order valence-electron chi connectivity index (χ4n) is 2.41. The number of alkyl halides is 1. The first-order valence-corrected chi connectivity index (χ1v) is 8.44. The van der Waals surface area contributed by atoms with Gasteiger partial charge in [-0.2, -0.15) is 0 Å². The molecule has 0 heterocycles. The SMILES string of the molecule is Cc1cc(C(Cl)c2ccc(C(C)(C)C)cc2)c(C)cc1Br. The summed E-state index contributed by atoms with van der Waals surface area (Å²) in [5, 5.41) is -0.106. The Labute approximate surface area is 141 Å². The Hall–Kier alpha value is -0.790. The minimum absolute atomic E-state index is 0.106. The van der Waals surface area contributed by atoms with Gasteiger partial charge in [-0.3, -0.25) is 0 Å². The van der Waals surface area contributed by atoms with Crippen molar-refractivity contribution in [2.24, 2.45) is 0 Å². The molecular formula is C19H22BrCl. The van der Waals surface area contributed by atoms with E-state index >= 15 is 0 Å². The fraction of sp³-hybridized carbons (Fsp3) is 0.368. The number of hydrogen-bond acceptors (Lipinski definition) is 0. The van der Waals surface area contributed by atoms with E-state index in [0.29, 0.717) is 0 Å². The summed E-state index contributed by atoms with van der Waals surface area (Å²) in [4.78, 5) is 0. The number of hydrogen-bond donors (Lipinski definition) is 0. The first-order chi connectivity index (χ1) is 9.70. The molecule has 1 atom stereocenters. The van der Waals surface area contributed by atoms with Gasteiger partial charge in [-0.1, -0.05) is 67.0 Å². The molecule has 0 nitrogen and oxygen atoms in total. The van der Waals surface area contributed by atoms with Crippen molar-refractivity contribution in [3.05, 3.63) is 68.7 Å². The van der Waals surface area contributed by atoms with Crippen LogP contribution in [0.3, 0.4) is 0 Å². The largest absolute Gasteiger partial charge is 0.113 e. The van der Waals surface area contributed by atoms with Crippen LogP contribution in [0.15, 0.2) is 40.9 Å². The zero-order chi connectivity index (χ0) is 15.8. The maximum absolute atomic E-state index is 6.71. The van der Waals surface area contributed by atoms with Crippen LogP contribution in [0, 0.1) is 13.8 Å². The zero-order valence-corrected chi connectivity index (χ0v) is 15.6. The number of halogens is 2. The molecule has 2 heteroatoms. The summed E-state index contributed by atoms with van der Waals surface area (Å²) in [6.45, 7) is 10.9. The van der Waals surface area contributed by atoms with Gasteiger partial charge >= 0.3 is 0 Å². The third kappa shape index (κ3) is 3.70. The molecule has 0 aliphatic rings. The first-order valence-electron chi connectivity index (χ1n) is 7.21. The topological polar surface area (TPSA) is 0 Å². The van der Waals surface area contributed by atoms with Gasteiger partial charge in [0.1, 0.15) is 0 Å². The molecule has 0 aliphatic heterocycles. The van der Waals surface area contributed by atoms with Crippen LogP contribution in [-0.2, 0) is 5.41 Å². The number of aryl methyl sites for hydroxylation is 2. The Kier molecular flexibility index (Phi) is 4.85. The highest BCUT2D eigenvalue weighted by atomic mass is 79.9. The molecule has 0 amide bonds. The predicted molar refractivity (Wildman–Crippen MR) is 96.5 cm³/mol. The molecule has 2 aromatic rings. The highest BCUT2D eigenvalue weighted by molar-refractivity contribution is 9.10. The molecule has 2 rings (SSSR count). The second kappa shape index (κ2) is 6.14. The lowest BCUT2D eigenvalue weighted by Crippen LogP contribution is -2.10. The summed E-state index contributed by atoms with van der Waals surface area (Å²) < 4.78 is 1.13. The van der Waals surface area contributed by atoms with Gasteiger partial charge in [-0.15, -0.1) is 11.6 Å². The minimum atomic E-state index is -0.106. The van der Waals surface area contributed by atoms with Crippen LogP contribution in [0.25, 0.3) is 0 Å². The summed E-state index contributed by atoms with van der Waals surface area (Å²) >= 11 is 10.3. The molecule has 0 fully saturated rings. The van der Waals surface area contributed by atoms with Crippen molar-refractivity contribution in [2.75, 3.05) is 0 Å². The van der Waals surface area contributed by atoms with Crippen LogP contribution in [0.4, 0.5) is 0 Å². The number of rotatable bonds is 2. The smallest absolute Gasteiger partial charge is 0.0838 e. The molecule has 0 aliphatic carbocycles. The summed E-state index contributed by atoms with van der Waals surface area (Å²) in [7, 11) is 0. The van der Waals surface area contributed by atoms with Crippen molar-refractivity contribution in [1.29, 1.82) is 0 Å². The Morgan fingerprint density at radius 1 is 0.952 bits per heavy atom. The van der Waals surface area contributed by atoms with Crippen molar-refractivity contribution >= 4 is 27.5 Å². The van der Waals surface area contributed by atoms with Gasteiger partial charge in [-0.25, -0.2) is 0 Å². The molecule has 2 aromatic carbocycles. The van der Waals surface area contributed by atoms with E-state index in [9.17, 15) is 0 Å². The molecular weight excluding hydrogens is 344 g/mol. The standard InChI is InChI=1S/C19H22BrCl/c1-12-11-17(20)13(2)10-16(12)18(21)14-6-8-15(9-7-14)19(3,4)5/h6-11,18H,1-5H3. The summed E-state index contributed by atoms with van der Waals surface area (Å²) in [6, 6.07) is 13.0. The van der Waals surface area contributed by atoms with Crippen LogP contribution in [-0.4, -0.2) is 0 Å². The molecule has 0 N–H and O–H groups in total. The van der Waals surface area contributed by atoms with Gasteiger partial charge in [0, 0.05) is 4.47 Å². The molecule has 0 spiro atoms. The molecule has 0 saturated carbocycles. The fourth-order valence-corrected chi connectivity index (χ4v) is 3.25. The summed E-state index contributed by atoms with van der Waals surface area (Å²) in [5.74, 6) is 0. The normalized spacial score (nSPS) is 13.3. The van der Waals surface area contributed by atoms with Gasteiger partial charge in [-0.05, 0) is 53.1 Å². The second-order valence-corrected chi connectivity index (χ2v) is 7.98. The molecule has 1 unspecified atom stereocenters. The van der Waals surface area contributed by atoms with E-state index < -0.39 is 0 Å². The molecule has 21 heavy (non-hydrogen) atoms. The molecule has 112 valence electrons. The van der Waals surface area contributed by atoms with Gasteiger partial charge in [0.2, 0.25) is 0 Å². The quantitative estimate of drug-likeness (QED) is 0.520. The monoisotopic (exact) mass is 364 g/mol.